The van der Waals surface area contributed by atoms with Crippen LogP contribution < -0.4 is 11.1 Å². The summed E-state index contributed by atoms with van der Waals surface area (Å²) in [7, 11) is 0. The molecular formula is C13H11ClN2O3S. The number of carboxylic acids is 1. The van der Waals surface area contributed by atoms with Crippen molar-refractivity contribution >= 4 is 40.5 Å². The Hall–Kier alpha value is -1.89. The van der Waals surface area contributed by atoms with Gasteiger partial charge < -0.3 is 16.2 Å². The van der Waals surface area contributed by atoms with Gasteiger partial charge in [0.1, 0.15) is 6.04 Å². The smallest absolute Gasteiger partial charge is 0.337 e. The van der Waals surface area contributed by atoms with E-state index in [9.17, 15) is 9.59 Å². The predicted molar refractivity (Wildman–Crippen MR) is 78.3 cm³/mol. The number of carboxylic acid groups (broad SMARTS) is 1. The van der Waals surface area contributed by atoms with Crippen molar-refractivity contribution in [3.8, 4) is 0 Å². The van der Waals surface area contributed by atoms with E-state index in [1.54, 1.807) is 12.1 Å². The molecular weight excluding hydrogens is 300 g/mol. The van der Waals surface area contributed by atoms with Gasteiger partial charge in [0.05, 0.1) is 11.3 Å². The van der Waals surface area contributed by atoms with Crippen molar-refractivity contribution in [2.24, 2.45) is 5.73 Å². The van der Waals surface area contributed by atoms with Crippen LogP contribution >= 0.6 is 22.9 Å². The van der Waals surface area contributed by atoms with Gasteiger partial charge in [-0.15, -0.1) is 11.3 Å². The molecule has 0 fully saturated rings. The van der Waals surface area contributed by atoms with Gasteiger partial charge in [0.2, 0.25) is 5.91 Å². The molecule has 1 aromatic carbocycles. The van der Waals surface area contributed by atoms with Crippen molar-refractivity contribution in [2.75, 3.05) is 5.32 Å². The van der Waals surface area contributed by atoms with E-state index in [1.165, 1.54) is 29.5 Å². The Morgan fingerprint density at radius 3 is 2.70 bits per heavy atom. The topological polar surface area (TPSA) is 92.4 Å². The number of carbonyl (C=O) groups excluding carboxylic acids is 1. The normalized spacial score (nSPS) is 11.9. The number of amides is 1. The van der Waals surface area contributed by atoms with E-state index in [1.807, 2.05) is 5.38 Å². The highest BCUT2D eigenvalue weighted by molar-refractivity contribution is 7.10. The van der Waals surface area contributed by atoms with Crippen LogP contribution in [0.3, 0.4) is 0 Å². The van der Waals surface area contributed by atoms with E-state index in [0.717, 1.165) is 0 Å². The van der Waals surface area contributed by atoms with Gasteiger partial charge in [0.25, 0.3) is 0 Å². The largest absolute Gasteiger partial charge is 0.478 e. The maximum Gasteiger partial charge on any atom is 0.337 e. The number of hydrogen-bond donors (Lipinski definition) is 3. The zero-order chi connectivity index (χ0) is 14.7. The summed E-state index contributed by atoms with van der Waals surface area (Å²) in [6.07, 6.45) is 0. The monoisotopic (exact) mass is 310 g/mol. The van der Waals surface area contributed by atoms with Crippen molar-refractivity contribution in [1.82, 2.24) is 0 Å². The van der Waals surface area contributed by atoms with Crippen molar-refractivity contribution in [3.05, 3.63) is 51.2 Å². The second kappa shape index (κ2) is 6.04. The van der Waals surface area contributed by atoms with Crippen LogP contribution in [0.15, 0.2) is 35.7 Å². The molecule has 1 atom stereocenters. The van der Waals surface area contributed by atoms with Crippen LogP contribution in [0.1, 0.15) is 21.3 Å². The summed E-state index contributed by atoms with van der Waals surface area (Å²) in [6, 6.07) is 6.83. The Bertz CT molecular complexity index is 643. The number of nitrogens with one attached hydrogen (secondary N) is 1. The molecule has 20 heavy (non-hydrogen) atoms. The lowest BCUT2D eigenvalue weighted by Crippen LogP contribution is -2.27. The van der Waals surface area contributed by atoms with Gasteiger partial charge in [-0.1, -0.05) is 17.7 Å². The van der Waals surface area contributed by atoms with Crippen LogP contribution in [0.25, 0.3) is 0 Å². The lowest BCUT2D eigenvalue weighted by molar-refractivity contribution is -0.117. The number of anilines is 1. The molecule has 104 valence electrons. The highest BCUT2D eigenvalue weighted by Gasteiger charge is 2.19. The first kappa shape index (κ1) is 14.5. The second-order valence-corrected chi connectivity index (χ2v) is 5.39. The van der Waals surface area contributed by atoms with Crippen LogP contribution in [-0.4, -0.2) is 17.0 Å². The molecule has 0 aliphatic carbocycles. The van der Waals surface area contributed by atoms with Crippen LogP contribution in [-0.2, 0) is 4.79 Å². The first-order chi connectivity index (χ1) is 9.49. The minimum Gasteiger partial charge on any atom is -0.478 e. The van der Waals surface area contributed by atoms with Gasteiger partial charge in [-0.25, -0.2) is 4.79 Å². The summed E-state index contributed by atoms with van der Waals surface area (Å²) in [5.74, 6) is -1.64. The minimum atomic E-state index is -1.15. The molecule has 0 spiro atoms. The molecule has 0 radical (unpaired) electrons. The Labute approximate surface area is 124 Å². The third-order valence-corrected chi connectivity index (χ3v) is 3.79. The predicted octanol–water partition coefficient (Wildman–Crippen LogP) is 2.74. The van der Waals surface area contributed by atoms with Gasteiger partial charge in [-0.3, -0.25) is 4.79 Å². The fourth-order valence-electron chi connectivity index (χ4n) is 1.61. The standard InChI is InChI=1S/C13H11ClN2O3S/c14-7-3-4-8(13(18)19)9(6-7)16-12(17)11(15)10-2-1-5-20-10/h1-6,11H,15H2,(H,16,17)(H,18,19). The van der Waals surface area contributed by atoms with Gasteiger partial charge in [0.15, 0.2) is 0 Å². The zero-order valence-electron chi connectivity index (χ0n) is 10.2. The average Bonchev–Trinajstić information content (AvgIpc) is 2.91. The second-order valence-electron chi connectivity index (χ2n) is 3.98. The number of rotatable bonds is 4. The molecule has 0 saturated carbocycles. The lowest BCUT2D eigenvalue weighted by atomic mass is 10.1. The van der Waals surface area contributed by atoms with Crippen LogP contribution in [0, 0.1) is 0 Å². The van der Waals surface area contributed by atoms with Crippen molar-refractivity contribution in [3.63, 3.8) is 0 Å². The maximum atomic E-state index is 12.0. The third-order valence-electron chi connectivity index (χ3n) is 2.60. The molecule has 1 aromatic heterocycles. The van der Waals surface area contributed by atoms with E-state index < -0.39 is 17.9 Å². The Morgan fingerprint density at radius 1 is 1.35 bits per heavy atom. The molecule has 7 heteroatoms. The highest BCUT2D eigenvalue weighted by Crippen LogP contribution is 2.23. The number of halogens is 1. The maximum absolute atomic E-state index is 12.0. The first-order valence-electron chi connectivity index (χ1n) is 5.61. The molecule has 1 unspecified atom stereocenters. The fraction of sp³-hybridized carbons (Fsp3) is 0.0769. The van der Waals surface area contributed by atoms with Crippen molar-refractivity contribution < 1.29 is 14.7 Å². The van der Waals surface area contributed by atoms with Crippen molar-refractivity contribution in [2.45, 2.75) is 6.04 Å². The average molecular weight is 311 g/mol. The van der Waals surface area contributed by atoms with Gasteiger partial charge in [-0.2, -0.15) is 0 Å². The van der Waals surface area contributed by atoms with Gasteiger partial charge in [0, 0.05) is 9.90 Å². The molecule has 0 aliphatic rings. The SMILES string of the molecule is NC(C(=O)Nc1cc(Cl)ccc1C(=O)O)c1cccs1. The Kier molecular flexibility index (Phi) is 4.39. The van der Waals surface area contributed by atoms with E-state index in [4.69, 9.17) is 22.4 Å². The Balaban J connectivity index is 2.23. The number of aromatic carboxylic acids is 1. The summed E-state index contributed by atoms with van der Waals surface area (Å²) in [6.45, 7) is 0. The number of thiophene rings is 1. The highest BCUT2D eigenvalue weighted by atomic mass is 35.5. The Morgan fingerprint density at radius 2 is 2.10 bits per heavy atom. The zero-order valence-corrected chi connectivity index (χ0v) is 11.7. The van der Waals surface area contributed by atoms with Crippen LogP contribution in [0.2, 0.25) is 5.02 Å². The van der Waals surface area contributed by atoms with Crippen molar-refractivity contribution in [1.29, 1.82) is 0 Å². The first-order valence-corrected chi connectivity index (χ1v) is 6.87. The summed E-state index contributed by atoms with van der Waals surface area (Å²) in [4.78, 5) is 23.8. The van der Waals surface area contributed by atoms with E-state index in [0.29, 0.717) is 9.90 Å². The molecule has 1 amide bonds. The summed E-state index contributed by atoms with van der Waals surface area (Å²) >= 11 is 7.17. The van der Waals surface area contributed by atoms with Crippen LogP contribution in [0.4, 0.5) is 5.69 Å². The minimum absolute atomic E-state index is 0.0406. The summed E-state index contributed by atoms with van der Waals surface area (Å²) in [5.41, 5.74) is 5.90. The molecule has 0 aliphatic heterocycles. The lowest BCUT2D eigenvalue weighted by Gasteiger charge is -2.12. The number of nitrogens with two attached hydrogens (primary N) is 1. The van der Waals surface area contributed by atoms with Crippen LogP contribution in [0.5, 0.6) is 0 Å². The van der Waals surface area contributed by atoms with E-state index in [2.05, 4.69) is 5.32 Å². The third kappa shape index (κ3) is 3.16. The van der Waals surface area contributed by atoms with E-state index >= 15 is 0 Å². The van der Waals surface area contributed by atoms with E-state index in [-0.39, 0.29) is 11.3 Å². The molecule has 1 heterocycles. The summed E-state index contributed by atoms with van der Waals surface area (Å²) < 4.78 is 0. The van der Waals surface area contributed by atoms with Gasteiger partial charge in [-0.05, 0) is 29.6 Å². The number of benzene rings is 1. The number of carbonyl (C=O) groups is 2. The fourth-order valence-corrected chi connectivity index (χ4v) is 2.51. The molecule has 4 N–H and O–H groups in total. The molecule has 0 saturated heterocycles. The molecule has 0 bridgehead atoms. The van der Waals surface area contributed by atoms with Gasteiger partial charge >= 0.3 is 5.97 Å². The molecule has 5 nitrogen and oxygen atoms in total. The molecule has 2 rings (SSSR count). The number of hydrogen-bond acceptors (Lipinski definition) is 4. The molecule has 2 aromatic rings. The quantitative estimate of drug-likeness (QED) is 0.809. The summed E-state index contributed by atoms with van der Waals surface area (Å²) in [5, 5.41) is 13.7.